The molecule has 15 heavy (non-hydrogen) atoms. The van der Waals surface area contributed by atoms with Crippen LogP contribution < -0.4 is 9.92 Å². The van der Waals surface area contributed by atoms with Crippen molar-refractivity contribution < 1.29 is 19.1 Å². The van der Waals surface area contributed by atoms with Crippen LogP contribution in [0.15, 0.2) is 4.63 Å². The van der Waals surface area contributed by atoms with E-state index in [1.807, 2.05) is 6.92 Å². The summed E-state index contributed by atoms with van der Waals surface area (Å²) in [6.45, 7) is 2.03. The average molecular weight is 216 g/mol. The van der Waals surface area contributed by atoms with E-state index >= 15 is 0 Å². The first-order valence-electron chi connectivity index (χ1n) is 4.73. The average Bonchev–Trinajstić information content (AvgIpc) is 2.59. The lowest BCUT2D eigenvalue weighted by atomic mass is 10.3. The fraction of sp³-hybridized carbons (Fsp3) is 0.625. The lowest BCUT2D eigenvalue weighted by Gasteiger charge is -1.98. The van der Waals surface area contributed by atoms with E-state index in [0.29, 0.717) is 6.54 Å². The molecular weight excluding hydrogens is 202 g/mol. The predicted molar refractivity (Wildman–Crippen MR) is 49.6 cm³/mol. The van der Waals surface area contributed by atoms with E-state index in [1.54, 1.807) is 0 Å². The summed E-state index contributed by atoms with van der Waals surface area (Å²) in [5, 5.41) is 13.5. The van der Waals surface area contributed by atoms with Gasteiger partial charge in [0.2, 0.25) is 5.69 Å². The number of aliphatic hydroxyl groups is 1. The summed E-state index contributed by atoms with van der Waals surface area (Å²) in [6.07, 6.45) is 1.78. The summed E-state index contributed by atoms with van der Waals surface area (Å²) in [6, 6.07) is 0. The number of nitrogens with zero attached hydrogens (tertiary/aromatic N) is 1. The monoisotopic (exact) mass is 216 g/mol. The van der Waals surface area contributed by atoms with Crippen LogP contribution in [0, 0.1) is 4.91 Å². The summed E-state index contributed by atoms with van der Waals surface area (Å²) in [5.41, 5.74) is -0.160. The van der Waals surface area contributed by atoms with Gasteiger partial charge in [-0.25, -0.2) is 0 Å². The molecule has 0 aliphatic rings. The maximum absolute atomic E-state index is 11.5. The predicted octanol–water partition coefficient (Wildman–Crippen LogP) is -0.456. The summed E-state index contributed by atoms with van der Waals surface area (Å²) in [7, 11) is 0. The minimum atomic E-state index is -0.549. The van der Waals surface area contributed by atoms with Crippen molar-refractivity contribution in [2.75, 3.05) is 6.54 Å². The van der Waals surface area contributed by atoms with Crippen molar-refractivity contribution in [3.63, 3.8) is 0 Å². The van der Waals surface area contributed by atoms with Crippen molar-refractivity contribution in [3.8, 4) is 0 Å². The third kappa shape index (κ3) is 2.66. The number of carbonyl (C=O) groups excluding carboxylic acids is 1. The molecule has 1 aromatic rings. The number of carbonyl (C=O) groups is 1. The highest BCUT2D eigenvalue weighted by Gasteiger charge is 2.26. The number of hydrogen-bond donors (Lipinski definition) is 3. The lowest BCUT2D eigenvalue weighted by Crippen LogP contribution is -2.32. The summed E-state index contributed by atoms with van der Waals surface area (Å²) in [4.78, 5) is 22.5. The molecule has 3 N–H and O–H groups in total. The van der Waals surface area contributed by atoms with Crippen molar-refractivity contribution in [2.45, 2.75) is 26.4 Å². The van der Waals surface area contributed by atoms with Gasteiger partial charge in [0.1, 0.15) is 6.61 Å². The molecule has 0 spiro atoms. The van der Waals surface area contributed by atoms with E-state index in [9.17, 15) is 9.70 Å². The van der Waals surface area contributed by atoms with Crippen LogP contribution in [0.3, 0.4) is 0 Å². The number of aliphatic hydroxyl groups excluding tert-OH is 1. The van der Waals surface area contributed by atoms with Gasteiger partial charge in [0.05, 0.1) is 0 Å². The first kappa shape index (κ1) is 11.4. The van der Waals surface area contributed by atoms with Crippen molar-refractivity contribution in [1.82, 2.24) is 10.5 Å². The number of aromatic nitrogens is 2. The van der Waals surface area contributed by atoms with Gasteiger partial charge in [0, 0.05) is 6.54 Å². The van der Waals surface area contributed by atoms with Gasteiger partial charge in [-0.2, -0.15) is 0 Å². The third-order valence-electron chi connectivity index (χ3n) is 1.91. The van der Waals surface area contributed by atoms with Gasteiger partial charge in [0.15, 0.2) is 4.60 Å². The Morgan fingerprint density at radius 2 is 2.40 bits per heavy atom. The Morgan fingerprint density at radius 3 is 3.00 bits per heavy atom. The second kappa shape index (κ2) is 5.30. The molecule has 0 atom stereocenters. The first-order chi connectivity index (χ1) is 7.20. The highest BCUT2D eigenvalue weighted by molar-refractivity contribution is 5.91. The number of nitrogens with one attached hydrogen (secondary N) is 2. The van der Waals surface area contributed by atoms with Crippen molar-refractivity contribution in [1.29, 1.82) is 0 Å². The zero-order valence-corrected chi connectivity index (χ0v) is 8.45. The van der Waals surface area contributed by atoms with Gasteiger partial charge in [0.25, 0.3) is 0 Å². The fourth-order valence-corrected chi connectivity index (χ4v) is 1.09. The molecule has 0 radical (unpaired) electrons. The molecule has 0 saturated heterocycles. The minimum Gasteiger partial charge on any atom is -0.388 e. The molecule has 1 heterocycles. The normalized spacial score (nSPS) is 10.3. The summed E-state index contributed by atoms with van der Waals surface area (Å²) in [5.74, 6) is -0.549. The Morgan fingerprint density at radius 1 is 1.67 bits per heavy atom. The molecule has 1 rings (SSSR count). The van der Waals surface area contributed by atoms with Crippen LogP contribution in [0.5, 0.6) is 0 Å². The lowest BCUT2D eigenvalue weighted by molar-refractivity contribution is -0.714. The van der Waals surface area contributed by atoms with Crippen molar-refractivity contribution in [3.05, 3.63) is 16.3 Å². The fourth-order valence-electron chi connectivity index (χ4n) is 1.09. The molecule has 7 nitrogen and oxygen atoms in total. The van der Waals surface area contributed by atoms with E-state index in [0.717, 1.165) is 12.8 Å². The first-order valence-corrected chi connectivity index (χ1v) is 4.73. The molecule has 1 aromatic heterocycles. The van der Waals surface area contributed by atoms with Gasteiger partial charge in [-0.1, -0.05) is 23.1 Å². The van der Waals surface area contributed by atoms with Gasteiger partial charge in [-0.15, -0.1) is 0 Å². The van der Waals surface area contributed by atoms with E-state index in [4.69, 9.17) is 5.11 Å². The quantitative estimate of drug-likeness (QED) is 0.580. The molecule has 84 valence electrons. The number of H-pyrrole nitrogens is 1. The van der Waals surface area contributed by atoms with Gasteiger partial charge in [-0.3, -0.25) is 4.79 Å². The van der Waals surface area contributed by atoms with Gasteiger partial charge < -0.3 is 10.4 Å². The Bertz CT molecular complexity index is 381. The number of rotatable bonds is 5. The van der Waals surface area contributed by atoms with Crippen LogP contribution in [-0.2, 0) is 6.61 Å². The molecule has 0 unspecified atom stereocenters. The maximum atomic E-state index is 11.5. The zero-order valence-electron chi connectivity index (χ0n) is 8.45. The number of hydrogen-bond acceptors (Lipinski definition) is 4. The van der Waals surface area contributed by atoms with Crippen LogP contribution in [-0.4, -0.2) is 22.7 Å². The largest absolute Gasteiger partial charge is 0.388 e. The third-order valence-corrected chi connectivity index (χ3v) is 1.91. The molecule has 0 aliphatic heterocycles. The standard InChI is InChI=1S/C8H13N3O4/c1-2-3-4-9-8(13)7-6(5-12)10-15-11(7)14/h12H,2-5H2,1H3,(H-,9,10,13,14)/p+1. The number of unbranched alkanes of at least 4 members (excludes halogenated alkanes) is 1. The van der Waals surface area contributed by atoms with Crippen LogP contribution in [0.4, 0.5) is 0 Å². The van der Waals surface area contributed by atoms with E-state index in [-0.39, 0.29) is 16.0 Å². The Hall–Kier alpha value is -1.63. The second-order valence-electron chi connectivity index (χ2n) is 3.05. The minimum absolute atomic E-state index is 0.0484. The molecule has 7 heteroatoms. The molecule has 0 fully saturated rings. The van der Waals surface area contributed by atoms with Crippen LogP contribution >= 0.6 is 0 Å². The number of amides is 1. The molecule has 0 aliphatic carbocycles. The smallest absolute Gasteiger partial charge is 0.334 e. The highest BCUT2D eigenvalue weighted by Crippen LogP contribution is 1.99. The van der Waals surface area contributed by atoms with E-state index in [1.165, 1.54) is 0 Å². The molecule has 0 aromatic carbocycles. The molecule has 0 bridgehead atoms. The maximum Gasteiger partial charge on any atom is 0.334 e. The van der Waals surface area contributed by atoms with Gasteiger partial charge >= 0.3 is 11.6 Å². The Kier molecular flexibility index (Phi) is 4.04. The molecular formula is C8H14N3O4+. The molecule has 1 amide bonds. The van der Waals surface area contributed by atoms with Crippen molar-refractivity contribution in [2.24, 2.45) is 0 Å². The zero-order chi connectivity index (χ0) is 11.3. The SMILES string of the molecule is CCCCNC(=O)c1c(CO)[nH]o[n+]1=O. The van der Waals surface area contributed by atoms with Crippen LogP contribution in [0.1, 0.15) is 35.9 Å². The van der Waals surface area contributed by atoms with Crippen LogP contribution in [0.2, 0.25) is 0 Å². The highest BCUT2D eigenvalue weighted by atomic mass is 16.7. The van der Waals surface area contributed by atoms with E-state index in [2.05, 4.69) is 15.1 Å². The topological polar surface area (TPSA) is 101 Å². The molecule has 0 saturated carbocycles. The van der Waals surface area contributed by atoms with Gasteiger partial charge in [-0.05, 0) is 11.3 Å². The van der Waals surface area contributed by atoms with Crippen molar-refractivity contribution >= 4 is 5.91 Å². The second-order valence-corrected chi connectivity index (χ2v) is 3.05. The van der Waals surface area contributed by atoms with E-state index < -0.39 is 12.5 Å². The van der Waals surface area contributed by atoms with Crippen LogP contribution in [0.25, 0.3) is 0 Å². The summed E-state index contributed by atoms with van der Waals surface area (Å²) < 4.78 is 4.38. The Balaban J connectivity index is 2.72. The number of aromatic amines is 1. The summed E-state index contributed by atoms with van der Waals surface area (Å²) >= 11 is 0. The Labute approximate surface area is 85.6 Å².